The molecule has 0 aromatic rings. The van der Waals surface area contributed by atoms with E-state index in [0.29, 0.717) is 18.8 Å². The molecule has 0 aromatic carbocycles. The van der Waals surface area contributed by atoms with Crippen LogP contribution < -0.4 is 0 Å². The second-order valence-electron chi connectivity index (χ2n) is 3.12. The van der Waals surface area contributed by atoms with Gasteiger partial charge in [-0.15, -0.1) is 0 Å². The third-order valence-electron chi connectivity index (χ3n) is 1.98. The van der Waals surface area contributed by atoms with E-state index in [0.717, 1.165) is 0 Å². The maximum atomic E-state index is 10.6. The highest BCUT2D eigenvalue weighted by Gasteiger charge is 2.17. The van der Waals surface area contributed by atoms with Crippen LogP contribution >= 0.6 is 12.6 Å². The van der Waals surface area contributed by atoms with Crippen LogP contribution in [0.2, 0.25) is 0 Å². The molecular weight excluding hydrogens is 218 g/mol. The summed E-state index contributed by atoms with van der Waals surface area (Å²) in [6.45, 7) is 2.46. The van der Waals surface area contributed by atoms with Crippen molar-refractivity contribution in [3.05, 3.63) is 0 Å². The summed E-state index contributed by atoms with van der Waals surface area (Å²) in [6, 6.07) is -0.0727. The SMILES string of the molecule is CC(=O)OCC(CS)N(CCO)CCO. The Morgan fingerprint density at radius 3 is 2.27 bits per heavy atom. The zero-order chi connectivity index (χ0) is 11.7. The molecule has 1 unspecified atom stereocenters. The zero-order valence-electron chi connectivity index (χ0n) is 8.93. The second-order valence-corrected chi connectivity index (χ2v) is 3.49. The Morgan fingerprint density at radius 2 is 1.93 bits per heavy atom. The van der Waals surface area contributed by atoms with Gasteiger partial charge in [0.05, 0.1) is 19.3 Å². The van der Waals surface area contributed by atoms with Crippen LogP contribution in [0.15, 0.2) is 0 Å². The first kappa shape index (κ1) is 14.7. The summed E-state index contributed by atoms with van der Waals surface area (Å²) in [5.74, 6) is 0.169. The molecule has 0 spiro atoms. The fourth-order valence-corrected chi connectivity index (χ4v) is 1.56. The Kier molecular flexibility index (Phi) is 8.79. The van der Waals surface area contributed by atoms with Gasteiger partial charge in [-0.3, -0.25) is 9.69 Å². The minimum Gasteiger partial charge on any atom is -0.464 e. The Labute approximate surface area is 95.4 Å². The molecule has 0 bridgehead atoms. The number of thiol groups is 1. The minimum atomic E-state index is -0.338. The first-order valence-corrected chi connectivity index (χ1v) is 5.49. The summed E-state index contributed by atoms with van der Waals surface area (Å²) in [5.41, 5.74) is 0. The maximum Gasteiger partial charge on any atom is 0.302 e. The van der Waals surface area contributed by atoms with E-state index in [1.54, 1.807) is 0 Å². The predicted molar refractivity (Wildman–Crippen MR) is 60.0 cm³/mol. The van der Waals surface area contributed by atoms with Gasteiger partial charge in [-0.05, 0) is 0 Å². The van der Waals surface area contributed by atoms with Crippen molar-refractivity contribution < 1.29 is 19.7 Å². The lowest BCUT2D eigenvalue weighted by Gasteiger charge is -2.28. The molecule has 6 heteroatoms. The van der Waals surface area contributed by atoms with E-state index in [2.05, 4.69) is 12.6 Å². The van der Waals surface area contributed by atoms with E-state index >= 15 is 0 Å². The van der Waals surface area contributed by atoms with Gasteiger partial charge in [0, 0.05) is 25.8 Å². The molecule has 2 N–H and O–H groups in total. The number of carbonyl (C=O) groups excluding carboxylic acids is 1. The van der Waals surface area contributed by atoms with E-state index < -0.39 is 0 Å². The standard InChI is InChI=1S/C9H19NO4S/c1-8(13)14-6-9(7-15)10(2-4-11)3-5-12/h9,11-12,15H,2-7H2,1H3. The van der Waals surface area contributed by atoms with Crippen LogP contribution in [0.25, 0.3) is 0 Å². The molecule has 0 aliphatic carbocycles. The molecule has 0 fully saturated rings. The summed E-state index contributed by atoms with van der Waals surface area (Å²) >= 11 is 4.15. The van der Waals surface area contributed by atoms with Crippen molar-refractivity contribution >= 4 is 18.6 Å². The number of ether oxygens (including phenoxy) is 1. The highest BCUT2D eigenvalue weighted by molar-refractivity contribution is 7.80. The van der Waals surface area contributed by atoms with Gasteiger partial charge in [0.15, 0.2) is 0 Å². The minimum absolute atomic E-state index is 0.00431. The molecule has 0 aromatic heterocycles. The molecule has 15 heavy (non-hydrogen) atoms. The number of esters is 1. The van der Waals surface area contributed by atoms with Crippen LogP contribution in [0.4, 0.5) is 0 Å². The van der Waals surface area contributed by atoms with Crippen molar-refractivity contribution in [2.45, 2.75) is 13.0 Å². The molecule has 1 atom stereocenters. The molecular formula is C9H19NO4S. The Morgan fingerprint density at radius 1 is 1.40 bits per heavy atom. The van der Waals surface area contributed by atoms with Gasteiger partial charge in [-0.25, -0.2) is 0 Å². The van der Waals surface area contributed by atoms with Crippen LogP contribution in [0.5, 0.6) is 0 Å². The lowest BCUT2D eigenvalue weighted by molar-refractivity contribution is -0.142. The van der Waals surface area contributed by atoms with Gasteiger partial charge in [0.2, 0.25) is 0 Å². The molecule has 0 rings (SSSR count). The summed E-state index contributed by atoms with van der Waals surface area (Å²) in [6.07, 6.45) is 0. The summed E-state index contributed by atoms with van der Waals surface area (Å²) in [7, 11) is 0. The number of rotatable bonds is 8. The lowest BCUT2D eigenvalue weighted by Crippen LogP contribution is -2.43. The van der Waals surface area contributed by atoms with Gasteiger partial charge >= 0.3 is 5.97 Å². The number of aliphatic hydroxyl groups excluding tert-OH is 2. The third-order valence-corrected chi connectivity index (χ3v) is 2.40. The number of aliphatic hydroxyl groups is 2. The van der Waals surface area contributed by atoms with Crippen molar-refractivity contribution in [2.75, 3.05) is 38.7 Å². The normalized spacial score (nSPS) is 12.9. The highest BCUT2D eigenvalue weighted by atomic mass is 32.1. The molecule has 0 aliphatic rings. The van der Waals surface area contributed by atoms with Crippen LogP contribution in [0, 0.1) is 0 Å². The Hall–Kier alpha value is -0.300. The zero-order valence-corrected chi connectivity index (χ0v) is 9.82. The van der Waals surface area contributed by atoms with Crippen molar-refractivity contribution in [1.82, 2.24) is 4.90 Å². The third kappa shape index (κ3) is 6.72. The molecule has 90 valence electrons. The number of hydrogen-bond donors (Lipinski definition) is 3. The molecule has 0 aliphatic heterocycles. The number of nitrogens with zero attached hydrogens (tertiary/aromatic N) is 1. The summed E-state index contributed by atoms with van der Waals surface area (Å²) in [5, 5.41) is 17.7. The van der Waals surface area contributed by atoms with E-state index in [-0.39, 0.29) is 31.8 Å². The Balaban J connectivity index is 4.10. The first-order chi connectivity index (χ1) is 7.15. The van der Waals surface area contributed by atoms with Gasteiger partial charge < -0.3 is 14.9 Å². The fourth-order valence-electron chi connectivity index (χ4n) is 1.22. The van der Waals surface area contributed by atoms with Crippen LogP contribution in [0.1, 0.15) is 6.92 Å². The molecule has 0 saturated heterocycles. The van der Waals surface area contributed by atoms with Gasteiger partial charge in [0.1, 0.15) is 6.61 Å². The van der Waals surface area contributed by atoms with Crippen molar-refractivity contribution in [1.29, 1.82) is 0 Å². The van der Waals surface area contributed by atoms with Crippen molar-refractivity contribution in [2.24, 2.45) is 0 Å². The van der Waals surface area contributed by atoms with Crippen molar-refractivity contribution in [3.63, 3.8) is 0 Å². The molecule has 5 nitrogen and oxygen atoms in total. The topological polar surface area (TPSA) is 70.0 Å². The smallest absolute Gasteiger partial charge is 0.302 e. The predicted octanol–water partition coefficient (Wildman–Crippen LogP) is -0.865. The fraction of sp³-hybridized carbons (Fsp3) is 0.889. The van der Waals surface area contributed by atoms with Crippen molar-refractivity contribution in [3.8, 4) is 0 Å². The van der Waals surface area contributed by atoms with Crippen LogP contribution in [-0.4, -0.2) is 65.8 Å². The summed E-state index contributed by atoms with van der Waals surface area (Å²) in [4.78, 5) is 12.5. The molecule has 0 heterocycles. The summed E-state index contributed by atoms with van der Waals surface area (Å²) < 4.78 is 4.88. The lowest BCUT2D eigenvalue weighted by atomic mass is 10.3. The number of carbonyl (C=O) groups is 1. The number of hydrogen-bond acceptors (Lipinski definition) is 6. The average molecular weight is 237 g/mol. The van der Waals surface area contributed by atoms with Crippen LogP contribution in [0.3, 0.4) is 0 Å². The average Bonchev–Trinajstić information content (AvgIpc) is 2.19. The monoisotopic (exact) mass is 237 g/mol. The van der Waals surface area contributed by atoms with E-state index in [1.807, 2.05) is 4.90 Å². The quantitative estimate of drug-likeness (QED) is 0.378. The molecule has 0 amide bonds. The van der Waals surface area contributed by atoms with Gasteiger partial charge in [-0.2, -0.15) is 12.6 Å². The first-order valence-electron chi connectivity index (χ1n) is 4.85. The maximum absolute atomic E-state index is 10.6. The van der Waals surface area contributed by atoms with E-state index in [4.69, 9.17) is 14.9 Å². The highest BCUT2D eigenvalue weighted by Crippen LogP contribution is 2.02. The van der Waals surface area contributed by atoms with E-state index in [1.165, 1.54) is 6.92 Å². The van der Waals surface area contributed by atoms with Gasteiger partial charge in [-0.1, -0.05) is 0 Å². The van der Waals surface area contributed by atoms with Gasteiger partial charge in [0.25, 0.3) is 0 Å². The largest absolute Gasteiger partial charge is 0.464 e. The molecule has 0 saturated carbocycles. The second kappa shape index (κ2) is 8.96. The molecule has 0 radical (unpaired) electrons. The Bertz CT molecular complexity index is 173. The van der Waals surface area contributed by atoms with E-state index in [9.17, 15) is 4.79 Å². The van der Waals surface area contributed by atoms with Crippen LogP contribution in [-0.2, 0) is 9.53 Å².